The van der Waals surface area contributed by atoms with E-state index in [9.17, 15) is 9.18 Å². The van der Waals surface area contributed by atoms with Gasteiger partial charge in [0.2, 0.25) is 5.88 Å². The topological polar surface area (TPSA) is 98.3 Å². The second-order valence-corrected chi connectivity index (χ2v) is 4.04. The minimum atomic E-state index is -0.547. The molecule has 0 aliphatic heterocycles. The van der Waals surface area contributed by atoms with Crippen molar-refractivity contribution in [3.63, 3.8) is 0 Å². The highest BCUT2D eigenvalue weighted by molar-refractivity contribution is 5.37. The summed E-state index contributed by atoms with van der Waals surface area (Å²) in [4.78, 5) is 11.4. The molecule has 0 radical (unpaired) electrons. The number of H-pyrrole nitrogens is 1. The van der Waals surface area contributed by atoms with E-state index >= 15 is 0 Å². The van der Waals surface area contributed by atoms with Crippen molar-refractivity contribution in [2.45, 2.75) is 6.54 Å². The number of rotatable bonds is 3. The Morgan fingerprint density at radius 1 is 1.35 bits per heavy atom. The lowest BCUT2D eigenvalue weighted by molar-refractivity contribution is 0.419. The number of aromatic nitrogens is 4. The molecule has 0 spiro atoms. The number of benzene rings is 1. The minimum absolute atomic E-state index is 0.00518. The molecule has 102 valence electrons. The van der Waals surface area contributed by atoms with Gasteiger partial charge >= 0.3 is 5.69 Å². The quantitative estimate of drug-likeness (QED) is 0.737. The molecule has 20 heavy (non-hydrogen) atoms. The van der Waals surface area contributed by atoms with Crippen LogP contribution in [0.5, 0.6) is 11.6 Å². The first kappa shape index (κ1) is 12.3. The van der Waals surface area contributed by atoms with Gasteiger partial charge in [0, 0.05) is 12.6 Å². The first-order chi connectivity index (χ1) is 9.67. The van der Waals surface area contributed by atoms with Crippen molar-refractivity contribution in [2.75, 3.05) is 0 Å². The van der Waals surface area contributed by atoms with Gasteiger partial charge in [-0.2, -0.15) is 9.61 Å². The van der Waals surface area contributed by atoms with E-state index in [0.717, 1.165) is 4.52 Å². The molecular formula is C12H10FN5O2. The number of hydrogen-bond acceptors (Lipinski definition) is 5. The van der Waals surface area contributed by atoms with E-state index in [4.69, 9.17) is 10.5 Å². The van der Waals surface area contributed by atoms with Crippen LogP contribution >= 0.6 is 0 Å². The molecule has 2 heterocycles. The lowest BCUT2D eigenvalue weighted by Gasteiger charge is -2.06. The largest absolute Gasteiger partial charge is 0.434 e. The summed E-state index contributed by atoms with van der Waals surface area (Å²) < 4.78 is 20.1. The molecule has 0 amide bonds. The highest BCUT2D eigenvalue weighted by Gasteiger charge is 2.08. The van der Waals surface area contributed by atoms with E-state index in [1.807, 2.05) is 0 Å². The maximum atomic E-state index is 13.8. The van der Waals surface area contributed by atoms with Gasteiger partial charge in [-0.3, -0.25) is 0 Å². The summed E-state index contributed by atoms with van der Waals surface area (Å²) in [5.74, 6) is -0.458. The van der Waals surface area contributed by atoms with Crippen molar-refractivity contribution in [3.05, 3.63) is 52.2 Å². The zero-order chi connectivity index (χ0) is 14.1. The van der Waals surface area contributed by atoms with Gasteiger partial charge in [0.05, 0.1) is 0 Å². The summed E-state index contributed by atoms with van der Waals surface area (Å²) in [6, 6.07) is 7.43. The maximum absolute atomic E-state index is 13.8. The predicted octanol–water partition coefficient (Wildman–Crippen LogP) is 0.808. The lowest BCUT2D eigenvalue weighted by Crippen LogP contribution is -2.12. The second-order valence-electron chi connectivity index (χ2n) is 4.04. The molecule has 2 aromatic heterocycles. The molecule has 0 aliphatic carbocycles. The first-order valence-corrected chi connectivity index (χ1v) is 5.78. The standard InChI is InChI=1S/C12H10FN5O2/c13-8-5-7(6-14)1-2-9(8)20-11-4-3-10-15-16-12(19)18(10)17-11/h1-5H,6,14H2,(H,16,19). The SMILES string of the molecule is NCc1ccc(Oc2ccc3n[nH]c(=O)n3n2)c(F)c1. The van der Waals surface area contributed by atoms with Crippen LogP contribution in [-0.2, 0) is 6.54 Å². The molecule has 3 rings (SSSR count). The van der Waals surface area contributed by atoms with Gasteiger partial charge in [-0.25, -0.2) is 14.3 Å². The summed E-state index contributed by atoms with van der Waals surface area (Å²) in [5.41, 5.74) is 5.93. The van der Waals surface area contributed by atoms with Crippen LogP contribution in [0.25, 0.3) is 5.65 Å². The second kappa shape index (κ2) is 4.74. The minimum Gasteiger partial charge on any atom is -0.434 e. The highest BCUT2D eigenvalue weighted by atomic mass is 19.1. The van der Waals surface area contributed by atoms with E-state index in [1.54, 1.807) is 6.07 Å². The summed E-state index contributed by atoms with van der Waals surface area (Å²) in [6.07, 6.45) is 0. The monoisotopic (exact) mass is 275 g/mol. The molecule has 0 atom stereocenters. The fraction of sp³-hybridized carbons (Fsp3) is 0.0833. The summed E-state index contributed by atoms with van der Waals surface area (Å²) in [7, 11) is 0. The molecule has 0 bridgehead atoms. The predicted molar refractivity (Wildman–Crippen MR) is 68.0 cm³/mol. The van der Waals surface area contributed by atoms with E-state index in [2.05, 4.69) is 15.3 Å². The molecular weight excluding hydrogens is 265 g/mol. The molecule has 3 aromatic rings. The molecule has 0 fully saturated rings. The molecule has 7 nitrogen and oxygen atoms in total. The Balaban J connectivity index is 1.96. The van der Waals surface area contributed by atoms with Crippen LogP contribution in [0.15, 0.2) is 35.1 Å². The van der Waals surface area contributed by atoms with Crippen molar-refractivity contribution >= 4 is 5.65 Å². The maximum Gasteiger partial charge on any atom is 0.364 e. The van der Waals surface area contributed by atoms with Crippen molar-refractivity contribution in [1.29, 1.82) is 0 Å². The van der Waals surface area contributed by atoms with Crippen LogP contribution in [0.3, 0.4) is 0 Å². The molecule has 1 aromatic carbocycles. The van der Waals surface area contributed by atoms with Gasteiger partial charge in [-0.1, -0.05) is 6.07 Å². The number of ether oxygens (including phenoxy) is 1. The molecule has 0 saturated heterocycles. The number of nitrogens with zero attached hydrogens (tertiary/aromatic N) is 3. The number of halogens is 1. The fourth-order valence-corrected chi connectivity index (χ4v) is 1.71. The van der Waals surface area contributed by atoms with Crippen LogP contribution < -0.4 is 16.2 Å². The van der Waals surface area contributed by atoms with Gasteiger partial charge in [-0.15, -0.1) is 5.10 Å². The van der Waals surface area contributed by atoms with Gasteiger partial charge in [0.1, 0.15) is 0 Å². The summed E-state index contributed by atoms with van der Waals surface area (Å²) in [5, 5.41) is 9.88. The van der Waals surface area contributed by atoms with Crippen LogP contribution in [-0.4, -0.2) is 19.8 Å². The van der Waals surface area contributed by atoms with Crippen LogP contribution in [0.4, 0.5) is 4.39 Å². The van der Waals surface area contributed by atoms with E-state index in [0.29, 0.717) is 11.2 Å². The summed E-state index contributed by atoms with van der Waals surface area (Å²) in [6.45, 7) is 0.242. The summed E-state index contributed by atoms with van der Waals surface area (Å²) >= 11 is 0. The third-order valence-corrected chi connectivity index (χ3v) is 2.70. The van der Waals surface area contributed by atoms with Gasteiger partial charge in [0.25, 0.3) is 0 Å². The zero-order valence-electron chi connectivity index (χ0n) is 10.2. The Morgan fingerprint density at radius 3 is 2.95 bits per heavy atom. The number of hydrogen-bond donors (Lipinski definition) is 2. The third kappa shape index (κ3) is 2.12. The molecule has 8 heteroatoms. The Labute approximate surface area is 111 Å². The van der Waals surface area contributed by atoms with E-state index < -0.39 is 11.5 Å². The normalized spacial score (nSPS) is 10.9. The zero-order valence-corrected chi connectivity index (χ0v) is 10.2. The van der Waals surface area contributed by atoms with Crippen LogP contribution in [0, 0.1) is 5.82 Å². The Kier molecular flexibility index (Phi) is 2.92. The number of aromatic amines is 1. The van der Waals surface area contributed by atoms with Gasteiger partial charge in [-0.05, 0) is 23.8 Å². The Bertz CT molecular complexity index is 826. The molecule has 0 saturated carbocycles. The third-order valence-electron chi connectivity index (χ3n) is 2.70. The van der Waals surface area contributed by atoms with E-state index in [-0.39, 0.29) is 18.2 Å². The highest BCUT2D eigenvalue weighted by Crippen LogP contribution is 2.23. The van der Waals surface area contributed by atoms with Crippen LogP contribution in [0.1, 0.15) is 5.56 Å². The molecule has 3 N–H and O–H groups in total. The van der Waals surface area contributed by atoms with Crippen LogP contribution in [0.2, 0.25) is 0 Å². The van der Waals surface area contributed by atoms with Crippen molar-refractivity contribution in [2.24, 2.45) is 5.73 Å². The van der Waals surface area contributed by atoms with Crippen molar-refractivity contribution < 1.29 is 9.13 Å². The number of fused-ring (bicyclic) bond motifs is 1. The van der Waals surface area contributed by atoms with Gasteiger partial charge < -0.3 is 10.5 Å². The van der Waals surface area contributed by atoms with E-state index in [1.165, 1.54) is 24.3 Å². The lowest BCUT2D eigenvalue weighted by atomic mass is 10.2. The van der Waals surface area contributed by atoms with Gasteiger partial charge in [0.15, 0.2) is 17.2 Å². The molecule has 0 unspecified atom stereocenters. The Morgan fingerprint density at radius 2 is 2.20 bits per heavy atom. The number of nitrogens with one attached hydrogen (secondary N) is 1. The number of nitrogens with two attached hydrogens (primary N) is 1. The average molecular weight is 275 g/mol. The smallest absolute Gasteiger partial charge is 0.364 e. The average Bonchev–Trinajstić information content (AvgIpc) is 2.82. The Hall–Kier alpha value is -2.74. The van der Waals surface area contributed by atoms with Crippen molar-refractivity contribution in [1.82, 2.24) is 19.8 Å². The van der Waals surface area contributed by atoms with Crippen molar-refractivity contribution in [3.8, 4) is 11.6 Å². The molecule has 0 aliphatic rings. The first-order valence-electron chi connectivity index (χ1n) is 5.78. The fourth-order valence-electron chi connectivity index (χ4n) is 1.71.